The number of amides is 1. The predicted octanol–water partition coefficient (Wildman–Crippen LogP) is -0.309. The second kappa shape index (κ2) is 7.36. The van der Waals surface area contributed by atoms with Crippen LogP contribution in [0.3, 0.4) is 0 Å². The van der Waals surface area contributed by atoms with E-state index in [0.717, 1.165) is 18.8 Å². The molecular weight excluding hydrogens is 296 g/mol. The summed E-state index contributed by atoms with van der Waals surface area (Å²) in [6.07, 6.45) is 8.50. The first-order chi connectivity index (χ1) is 11.3. The first-order valence-corrected chi connectivity index (χ1v) is 7.93. The Labute approximate surface area is 135 Å². The van der Waals surface area contributed by atoms with Gasteiger partial charge in [-0.05, 0) is 19.3 Å². The van der Waals surface area contributed by atoms with Gasteiger partial charge in [0.2, 0.25) is 0 Å². The van der Waals surface area contributed by atoms with E-state index in [1.165, 1.54) is 25.0 Å². The number of hydrogen-bond donors (Lipinski definition) is 3. The molecule has 0 saturated carbocycles. The van der Waals surface area contributed by atoms with Gasteiger partial charge in [-0.1, -0.05) is 0 Å². The van der Waals surface area contributed by atoms with Gasteiger partial charge in [-0.25, -0.2) is 4.98 Å². The summed E-state index contributed by atoms with van der Waals surface area (Å²) < 4.78 is 5.82. The van der Waals surface area contributed by atoms with Gasteiger partial charge in [-0.3, -0.25) is 14.8 Å². The SMILES string of the molecule is CN=C(NCCNC(=O)c1cnccn1)NC1CC2CCC1O2. The lowest BCUT2D eigenvalue weighted by Crippen LogP contribution is -2.48. The number of carbonyl (C=O) groups is 1. The molecule has 2 saturated heterocycles. The van der Waals surface area contributed by atoms with Crippen LogP contribution in [0.2, 0.25) is 0 Å². The van der Waals surface area contributed by atoms with E-state index >= 15 is 0 Å². The fourth-order valence-electron chi connectivity index (χ4n) is 3.02. The lowest BCUT2D eigenvalue weighted by Gasteiger charge is -2.22. The van der Waals surface area contributed by atoms with Crippen molar-refractivity contribution >= 4 is 11.9 Å². The summed E-state index contributed by atoms with van der Waals surface area (Å²) in [6.45, 7) is 1.05. The molecule has 2 bridgehead atoms. The molecule has 23 heavy (non-hydrogen) atoms. The minimum atomic E-state index is -0.232. The average Bonchev–Trinajstić information content (AvgIpc) is 3.21. The lowest BCUT2D eigenvalue weighted by molar-refractivity contribution is 0.0949. The van der Waals surface area contributed by atoms with Crippen molar-refractivity contribution < 1.29 is 9.53 Å². The Morgan fingerprint density at radius 3 is 2.87 bits per heavy atom. The first kappa shape index (κ1) is 15.7. The average molecular weight is 318 g/mol. The maximum atomic E-state index is 11.8. The molecule has 8 nitrogen and oxygen atoms in total. The molecule has 2 aliphatic rings. The topological polar surface area (TPSA) is 101 Å². The van der Waals surface area contributed by atoms with Crippen molar-refractivity contribution in [2.75, 3.05) is 20.1 Å². The molecule has 0 aromatic carbocycles. The molecule has 3 unspecified atom stereocenters. The van der Waals surface area contributed by atoms with Gasteiger partial charge in [0, 0.05) is 32.5 Å². The number of carbonyl (C=O) groups excluding carboxylic acids is 1. The fourth-order valence-corrected chi connectivity index (χ4v) is 3.02. The van der Waals surface area contributed by atoms with Crippen LogP contribution in [0.4, 0.5) is 0 Å². The minimum absolute atomic E-state index is 0.232. The summed E-state index contributed by atoms with van der Waals surface area (Å²) in [6, 6.07) is 0.328. The van der Waals surface area contributed by atoms with Crippen LogP contribution in [-0.4, -0.2) is 60.2 Å². The summed E-state index contributed by atoms with van der Waals surface area (Å²) >= 11 is 0. The number of rotatable bonds is 5. The molecule has 2 fully saturated rings. The monoisotopic (exact) mass is 318 g/mol. The van der Waals surface area contributed by atoms with E-state index in [1.807, 2.05) is 0 Å². The normalized spacial score (nSPS) is 26.1. The molecule has 2 aliphatic heterocycles. The number of fused-ring (bicyclic) bond motifs is 2. The molecule has 3 heterocycles. The van der Waals surface area contributed by atoms with Gasteiger partial charge >= 0.3 is 0 Å². The number of ether oxygens (including phenoxy) is 1. The van der Waals surface area contributed by atoms with Crippen molar-refractivity contribution in [3.05, 3.63) is 24.3 Å². The van der Waals surface area contributed by atoms with Gasteiger partial charge in [0.25, 0.3) is 5.91 Å². The third kappa shape index (κ3) is 3.95. The van der Waals surface area contributed by atoms with Gasteiger partial charge in [0.05, 0.1) is 24.4 Å². The molecule has 8 heteroatoms. The van der Waals surface area contributed by atoms with E-state index in [0.29, 0.717) is 37.0 Å². The molecule has 1 aromatic heterocycles. The first-order valence-electron chi connectivity index (χ1n) is 7.93. The largest absolute Gasteiger partial charge is 0.373 e. The molecule has 1 amide bonds. The van der Waals surface area contributed by atoms with Crippen molar-refractivity contribution in [2.45, 2.75) is 37.5 Å². The Kier molecular flexibility index (Phi) is 5.02. The molecule has 3 N–H and O–H groups in total. The van der Waals surface area contributed by atoms with Gasteiger partial charge in [-0.15, -0.1) is 0 Å². The second-order valence-electron chi connectivity index (χ2n) is 5.71. The van der Waals surface area contributed by atoms with E-state index in [-0.39, 0.29) is 5.91 Å². The zero-order chi connectivity index (χ0) is 16.1. The Morgan fingerprint density at radius 2 is 2.22 bits per heavy atom. The van der Waals surface area contributed by atoms with Crippen LogP contribution >= 0.6 is 0 Å². The van der Waals surface area contributed by atoms with Gasteiger partial charge in [-0.2, -0.15) is 0 Å². The number of nitrogens with zero attached hydrogens (tertiary/aromatic N) is 3. The van der Waals surface area contributed by atoms with E-state index in [4.69, 9.17) is 4.74 Å². The van der Waals surface area contributed by atoms with Gasteiger partial charge < -0.3 is 20.7 Å². The highest BCUT2D eigenvalue weighted by Gasteiger charge is 2.41. The van der Waals surface area contributed by atoms with E-state index in [9.17, 15) is 4.79 Å². The third-order valence-corrected chi connectivity index (χ3v) is 4.15. The van der Waals surface area contributed by atoms with Crippen LogP contribution < -0.4 is 16.0 Å². The maximum absolute atomic E-state index is 11.8. The van der Waals surface area contributed by atoms with Crippen molar-refractivity contribution in [1.29, 1.82) is 0 Å². The van der Waals surface area contributed by atoms with Crippen LogP contribution in [-0.2, 0) is 4.74 Å². The highest BCUT2D eigenvalue weighted by Crippen LogP contribution is 2.34. The Balaban J connectivity index is 1.37. The lowest BCUT2D eigenvalue weighted by atomic mass is 9.96. The van der Waals surface area contributed by atoms with Gasteiger partial charge in [0.1, 0.15) is 5.69 Å². The number of guanidine groups is 1. The van der Waals surface area contributed by atoms with Crippen LogP contribution in [0.15, 0.2) is 23.6 Å². The van der Waals surface area contributed by atoms with Gasteiger partial charge in [0.15, 0.2) is 5.96 Å². The van der Waals surface area contributed by atoms with E-state index < -0.39 is 0 Å². The van der Waals surface area contributed by atoms with Crippen molar-refractivity contribution in [2.24, 2.45) is 4.99 Å². The molecule has 3 rings (SSSR count). The molecule has 1 aromatic rings. The zero-order valence-electron chi connectivity index (χ0n) is 13.2. The molecule has 3 atom stereocenters. The zero-order valence-corrected chi connectivity index (χ0v) is 13.2. The molecule has 0 spiro atoms. The van der Waals surface area contributed by atoms with Crippen LogP contribution in [0.5, 0.6) is 0 Å². The fraction of sp³-hybridized carbons (Fsp3) is 0.600. The molecular formula is C15H22N6O2. The minimum Gasteiger partial charge on any atom is -0.373 e. The summed E-state index contributed by atoms with van der Waals surface area (Å²) in [4.78, 5) is 23.9. The van der Waals surface area contributed by atoms with Crippen molar-refractivity contribution in [1.82, 2.24) is 25.9 Å². The van der Waals surface area contributed by atoms with Crippen LogP contribution in [0, 0.1) is 0 Å². The van der Waals surface area contributed by atoms with Crippen LogP contribution in [0.25, 0.3) is 0 Å². The number of aliphatic imine (C=N–C) groups is 1. The Morgan fingerprint density at radius 1 is 1.35 bits per heavy atom. The number of aromatic nitrogens is 2. The highest BCUT2D eigenvalue weighted by molar-refractivity contribution is 5.91. The summed E-state index contributed by atoms with van der Waals surface area (Å²) in [5.74, 6) is 0.504. The van der Waals surface area contributed by atoms with Crippen molar-refractivity contribution in [3.63, 3.8) is 0 Å². The smallest absolute Gasteiger partial charge is 0.271 e. The second-order valence-corrected chi connectivity index (χ2v) is 5.71. The van der Waals surface area contributed by atoms with E-state index in [2.05, 4.69) is 30.9 Å². The molecule has 124 valence electrons. The summed E-state index contributed by atoms with van der Waals surface area (Å²) in [5, 5.41) is 9.38. The quantitative estimate of drug-likeness (QED) is 0.391. The third-order valence-electron chi connectivity index (χ3n) is 4.15. The Hall–Kier alpha value is -2.22. The standard InChI is InChI=1S/C15H22N6O2/c1-16-15(21-11-8-10-2-3-13(11)23-10)20-7-6-19-14(22)12-9-17-4-5-18-12/h4-5,9-11,13H,2-3,6-8H2,1H3,(H,19,22)(H2,16,20,21). The summed E-state index contributed by atoms with van der Waals surface area (Å²) in [5.41, 5.74) is 0.314. The number of hydrogen-bond acceptors (Lipinski definition) is 5. The maximum Gasteiger partial charge on any atom is 0.271 e. The summed E-state index contributed by atoms with van der Waals surface area (Å²) in [7, 11) is 1.74. The van der Waals surface area contributed by atoms with E-state index in [1.54, 1.807) is 7.05 Å². The molecule has 0 aliphatic carbocycles. The highest BCUT2D eigenvalue weighted by atomic mass is 16.5. The predicted molar refractivity (Wildman–Crippen MR) is 85.2 cm³/mol. The molecule has 0 radical (unpaired) electrons. The number of nitrogens with one attached hydrogen (secondary N) is 3. The Bertz CT molecular complexity index is 564. The van der Waals surface area contributed by atoms with Crippen LogP contribution in [0.1, 0.15) is 29.8 Å². The van der Waals surface area contributed by atoms with Crippen molar-refractivity contribution in [3.8, 4) is 0 Å².